The molecule has 2 heterocycles. The highest BCUT2D eigenvalue weighted by molar-refractivity contribution is 5.92. The zero-order chi connectivity index (χ0) is 12.2. The van der Waals surface area contributed by atoms with E-state index in [1.165, 1.54) is 0 Å². The maximum atomic E-state index is 11.3. The Balaban J connectivity index is 2.55. The maximum absolute atomic E-state index is 11.3. The number of nitrogens with zero attached hydrogens (tertiary/aromatic N) is 2. The molecule has 0 atom stereocenters. The summed E-state index contributed by atoms with van der Waals surface area (Å²) in [5, 5.41) is 9.23. The summed E-state index contributed by atoms with van der Waals surface area (Å²) >= 11 is 0. The monoisotopic (exact) mass is 229 g/mol. The minimum Gasteiger partial charge on any atom is -0.477 e. The van der Waals surface area contributed by atoms with Crippen LogP contribution in [0.2, 0.25) is 0 Å². The Kier molecular flexibility index (Phi) is 1.80. The van der Waals surface area contributed by atoms with Crippen LogP contribution in [0.3, 0.4) is 0 Å². The summed E-state index contributed by atoms with van der Waals surface area (Å²) in [4.78, 5) is 18.6. The van der Waals surface area contributed by atoms with Gasteiger partial charge in [-0.15, -0.1) is 0 Å². The number of nitrogens with one attached hydrogen (secondary N) is 1. The van der Waals surface area contributed by atoms with Gasteiger partial charge in [0.1, 0.15) is 0 Å². The summed E-state index contributed by atoms with van der Waals surface area (Å²) in [6.07, 6.45) is 0. The molecule has 2 N–H and O–H groups in total. The van der Waals surface area contributed by atoms with Gasteiger partial charge in [-0.25, -0.2) is 9.78 Å². The van der Waals surface area contributed by atoms with Gasteiger partial charge in [0.15, 0.2) is 5.69 Å². The SMILES string of the molecule is Cc1ccc2nc3[nH]c(C)c(C(=O)O)n3c2c1. The Morgan fingerprint density at radius 1 is 1.41 bits per heavy atom. The molecule has 5 nitrogen and oxygen atoms in total. The van der Waals surface area contributed by atoms with Gasteiger partial charge in [-0.2, -0.15) is 0 Å². The van der Waals surface area contributed by atoms with Gasteiger partial charge in [-0.3, -0.25) is 4.40 Å². The standard InChI is InChI=1S/C12H11N3O2/c1-6-3-4-8-9(5-6)15-10(11(16)17)7(2)13-12(15)14-8/h3-5H,1-2H3,(H,13,14)(H,16,17). The number of carboxylic acid groups (broad SMARTS) is 1. The first-order valence-corrected chi connectivity index (χ1v) is 5.28. The molecule has 17 heavy (non-hydrogen) atoms. The first-order valence-electron chi connectivity index (χ1n) is 5.28. The first-order chi connectivity index (χ1) is 8.08. The molecule has 0 radical (unpaired) electrons. The summed E-state index contributed by atoms with van der Waals surface area (Å²) in [7, 11) is 0. The number of aromatic carboxylic acids is 1. The second kappa shape index (κ2) is 3.10. The summed E-state index contributed by atoms with van der Waals surface area (Å²) in [5.74, 6) is -0.380. The van der Waals surface area contributed by atoms with Gasteiger partial charge in [0.2, 0.25) is 5.78 Å². The normalized spacial score (nSPS) is 11.4. The Hall–Kier alpha value is -2.30. The lowest BCUT2D eigenvalue weighted by Crippen LogP contribution is -2.03. The molecule has 0 aliphatic rings. The minimum absolute atomic E-state index is 0.244. The molecule has 0 aliphatic carbocycles. The fourth-order valence-electron chi connectivity index (χ4n) is 2.15. The molecule has 3 aromatic rings. The number of H-pyrrole nitrogens is 1. The van der Waals surface area contributed by atoms with Gasteiger partial charge in [0.05, 0.1) is 11.0 Å². The maximum Gasteiger partial charge on any atom is 0.354 e. The number of carboxylic acids is 1. The van der Waals surface area contributed by atoms with Gasteiger partial charge in [-0.1, -0.05) is 6.07 Å². The van der Waals surface area contributed by atoms with Gasteiger partial charge >= 0.3 is 5.97 Å². The lowest BCUT2D eigenvalue weighted by Gasteiger charge is -1.97. The van der Waals surface area contributed by atoms with E-state index in [9.17, 15) is 9.90 Å². The van der Waals surface area contributed by atoms with Crippen LogP contribution < -0.4 is 0 Å². The Bertz CT molecular complexity index is 752. The molecule has 2 aromatic heterocycles. The number of rotatable bonds is 1. The Labute approximate surface area is 96.7 Å². The largest absolute Gasteiger partial charge is 0.477 e. The fraction of sp³-hybridized carbons (Fsp3) is 0.167. The zero-order valence-electron chi connectivity index (χ0n) is 9.48. The van der Waals surface area contributed by atoms with Gasteiger partial charge in [0.25, 0.3) is 0 Å². The molecule has 86 valence electrons. The van der Waals surface area contributed by atoms with E-state index in [1.54, 1.807) is 11.3 Å². The average molecular weight is 229 g/mol. The molecular formula is C12H11N3O2. The topological polar surface area (TPSA) is 70.4 Å². The van der Waals surface area contributed by atoms with E-state index in [4.69, 9.17) is 0 Å². The molecule has 0 spiro atoms. The van der Waals surface area contributed by atoms with Crippen molar-refractivity contribution < 1.29 is 9.90 Å². The Morgan fingerprint density at radius 2 is 2.18 bits per heavy atom. The highest BCUT2D eigenvalue weighted by Crippen LogP contribution is 2.21. The number of aromatic nitrogens is 3. The van der Waals surface area contributed by atoms with Crippen molar-refractivity contribution in [1.82, 2.24) is 14.4 Å². The highest BCUT2D eigenvalue weighted by Gasteiger charge is 2.18. The van der Waals surface area contributed by atoms with Crippen LogP contribution in [0, 0.1) is 13.8 Å². The molecule has 0 aliphatic heterocycles. The van der Waals surface area contributed by atoms with Crippen LogP contribution in [-0.4, -0.2) is 25.4 Å². The molecular weight excluding hydrogens is 218 g/mol. The second-order valence-corrected chi connectivity index (χ2v) is 4.17. The van der Waals surface area contributed by atoms with E-state index in [1.807, 2.05) is 25.1 Å². The van der Waals surface area contributed by atoms with Crippen molar-refractivity contribution in [2.75, 3.05) is 0 Å². The van der Waals surface area contributed by atoms with E-state index in [-0.39, 0.29) is 5.69 Å². The van der Waals surface area contributed by atoms with Crippen LogP contribution >= 0.6 is 0 Å². The number of aryl methyl sites for hydroxylation is 2. The number of imidazole rings is 2. The van der Waals surface area contributed by atoms with E-state index in [2.05, 4.69) is 9.97 Å². The van der Waals surface area contributed by atoms with Gasteiger partial charge in [-0.05, 0) is 31.5 Å². The van der Waals surface area contributed by atoms with E-state index in [0.717, 1.165) is 16.6 Å². The number of hydrogen-bond acceptors (Lipinski definition) is 2. The van der Waals surface area contributed by atoms with Crippen molar-refractivity contribution in [2.45, 2.75) is 13.8 Å². The van der Waals surface area contributed by atoms with Crippen LogP contribution in [0.25, 0.3) is 16.8 Å². The fourth-order valence-corrected chi connectivity index (χ4v) is 2.15. The predicted octanol–water partition coefficient (Wildman–Crippen LogP) is 2.13. The summed E-state index contributed by atoms with van der Waals surface area (Å²) in [5.41, 5.74) is 3.55. The quantitative estimate of drug-likeness (QED) is 0.671. The zero-order valence-corrected chi connectivity index (χ0v) is 9.48. The minimum atomic E-state index is -0.949. The van der Waals surface area contributed by atoms with E-state index in [0.29, 0.717) is 11.5 Å². The van der Waals surface area contributed by atoms with Gasteiger partial charge < -0.3 is 10.1 Å². The summed E-state index contributed by atoms with van der Waals surface area (Å²) < 4.78 is 1.65. The molecule has 3 rings (SSSR count). The average Bonchev–Trinajstić information content (AvgIpc) is 2.72. The summed E-state index contributed by atoms with van der Waals surface area (Å²) in [6, 6.07) is 5.80. The molecule has 0 saturated carbocycles. The van der Waals surface area contributed by atoms with Crippen molar-refractivity contribution in [3.8, 4) is 0 Å². The molecule has 0 saturated heterocycles. The summed E-state index contributed by atoms with van der Waals surface area (Å²) in [6.45, 7) is 3.71. The van der Waals surface area contributed by atoms with Crippen molar-refractivity contribution in [3.63, 3.8) is 0 Å². The predicted molar refractivity (Wildman–Crippen MR) is 63.5 cm³/mol. The van der Waals surface area contributed by atoms with Crippen LogP contribution in [0.1, 0.15) is 21.7 Å². The lowest BCUT2D eigenvalue weighted by molar-refractivity contribution is 0.0689. The highest BCUT2D eigenvalue weighted by atomic mass is 16.4. The second-order valence-electron chi connectivity index (χ2n) is 4.17. The third-order valence-corrected chi connectivity index (χ3v) is 2.89. The van der Waals surface area contributed by atoms with Crippen LogP contribution in [-0.2, 0) is 0 Å². The third-order valence-electron chi connectivity index (χ3n) is 2.89. The first kappa shape index (κ1) is 9.89. The number of fused-ring (bicyclic) bond motifs is 3. The molecule has 0 amide bonds. The van der Waals surface area contributed by atoms with Crippen molar-refractivity contribution in [2.24, 2.45) is 0 Å². The molecule has 1 aromatic carbocycles. The van der Waals surface area contributed by atoms with Gasteiger partial charge in [0, 0.05) is 5.69 Å². The van der Waals surface area contributed by atoms with E-state index < -0.39 is 5.97 Å². The van der Waals surface area contributed by atoms with Crippen LogP contribution in [0.4, 0.5) is 0 Å². The molecule has 0 bridgehead atoms. The van der Waals surface area contributed by atoms with Crippen molar-refractivity contribution in [3.05, 3.63) is 35.2 Å². The Morgan fingerprint density at radius 3 is 2.88 bits per heavy atom. The third kappa shape index (κ3) is 1.25. The lowest BCUT2D eigenvalue weighted by atomic mass is 10.2. The molecule has 5 heteroatoms. The van der Waals surface area contributed by atoms with Crippen molar-refractivity contribution >= 4 is 22.8 Å². The molecule has 0 unspecified atom stereocenters. The number of benzene rings is 1. The van der Waals surface area contributed by atoms with Crippen molar-refractivity contribution in [1.29, 1.82) is 0 Å². The number of hydrogen-bond donors (Lipinski definition) is 2. The smallest absolute Gasteiger partial charge is 0.354 e. The molecule has 0 fully saturated rings. The van der Waals surface area contributed by atoms with E-state index >= 15 is 0 Å². The van der Waals surface area contributed by atoms with Crippen LogP contribution in [0.5, 0.6) is 0 Å². The number of aromatic amines is 1. The number of carbonyl (C=O) groups is 1. The van der Waals surface area contributed by atoms with Crippen LogP contribution in [0.15, 0.2) is 18.2 Å².